The van der Waals surface area contributed by atoms with Gasteiger partial charge in [-0.05, 0) is 61.8 Å². The largest absolute Gasteiger partial charge is 0.0988 e. The van der Waals surface area contributed by atoms with E-state index in [1.165, 1.54) is 35.1 Å². The van der Waals surface area contributed by atoms with E-state index in [2.05, 4.69) is 64.3 Å². The summed E-state index contributed by atoms with van der Waals surface area (Å²) in [6.07, 6.45) is 17.7. The molecule has 172 valence electrons. The van der Waals surface area contributed by atoms with Crippen LogP contribution in [0.2, 0.25) is 0 Å². The maximum absolute atomic E-state index is 4.11. The molecular formula is C30H52. The van der Waals surface area contributed by atoms with Gasteiger partial charge < -0.3 is 0 Å². The van der Waals surface area contributed by atoms with Crippen molar-refractivity contribution in [2.45, 2.75) is 102 Å². The fourth-order valence-electron chi connectivity index (χ4n) is 3.73. The van der Waals surface area contributed by atoms with E-state index in [9.17, 15) is 0 Å². The van der Waals surface area contributed by atoms with E-state index in [4.69, 9.17) is 0 Å². The molecule has 0 heteroatoms. The van der Waals surface area contributed by atoms with E-state index in [-0.39, 0.29) is 0 Å². The van der Waals surface area contributed by atoms with Gasteiger partial charge in [-0.1, -0.05) is 123 Å². The van der Waals surface area contributed by atoms with Crippen LogP contribution in [0.4, 0.5) is 0 Å². The Morgan fingerprint density at radius 3 is 2.03 bits per heavy atom. The Bertz CT molecular complexity index is 602. The Morgan fingerprint density at radius 1 is 1.03 bits per heavy atom. The van der Waals surface area contributed by atoms with Crippen LogP contribution in [0.3, 0.4) is 0 Å². The SMILES string of the molecule is C=CC1=C(CC)CC2=C(C=CCC2)C1/C(C=C)=C(C)/C=C\C.CC.CC.CC.CC. The van der Waals surface area contributed by atoms with Crippen molar-refractivity contribution in [3.05, 3.63) is 83.1 Å². The van der Waals surface area contributed by atoms with Gasteiger partial charge in [0.2, 0.25) is 0 Å². The van der Waals surface area contributed by atoms with E-state index in [0.29, 0.717) is 5.92 Å². The molecule has 0 heterocycles. The smallest absolute Gasteiger partial charge is 0.0341 e. The highest BCUT2D eigenvalue weighted by Gasteiger charge is 2.29. The molecule has 0 saturated carbocycles. The predicted molar refractivity (Wildman–Crippen MR) is 144 cm³/mol. The molecule has 1 unspecified atom stereocenters. The second kappa shape index (κ2) is 21.9. The topological polar surface area (TPSA) is 0 Å². The Labute approximate surface area is 191 Å². The summed E-state index contributed by atoms with van der Waals surface area (Å²) >= 11 is 0. The molecule has 0 aliphatic heterocycles. The van der Waals surface area contributed by atoms with E-state index >= 15 is 0 Å². The highest BCUT2D eigenvalue weighted by atomic mass is 14.3. The maximum atomic E-state index is 4.11. The van der Waals surface area contributed by atoms with Crippen molar-refractivity contribution in [3.8, 4) is 0 Å². The van der Waals surface area contributed by atoms with Crippen LogP contribution < -0.4 is 0 Å². The standard InChI is InChI=1S/C22H28.4C2H6/c1-6-12-16(5)19(8-3)22-20(9-4)17(7-2)15-18-13-10-11-14-21(18)22;4*1-2/h6,8-9,11-12,14,22H,3-4,7,10,13,15H2,1-2,5H3;4*1-2H3/b12-6-,19-16+;;;;. The zero-order valence-corrected chi connectivity index (χ0v) is 22.3. The summed E-state index contributed by atoms with van der Waals surface area (Å²) in [4.78, 5) is 0. The average molecular weight is 413 g/mol. The van der Waals surface area contributed by atoms with Crippen LogP contribution in [0.25, 0.3) is 0 Å². The second-order valence-corrected chi connectivity index (χ2v) is 6.07. The number of allylic oxidation sites excluding steroid dienone is 12. The van der Waals surface area contributed by atoms with Crippen LogP contribution in [0.1, 0.15) is 102 Å². The summed E-state index contributed by atoms with van der Waals surface area (Å²) in [6, 6.07) is 0. The predicted octanol–water partition coefficient (Wildman–Crippen LogP) is 10.7. The molecule has 1 atom stereocenters. The van der Waals surface area contributed by atoms with Crippen molar-refractivity contribution in [1.29, 1.82) is 0 Å². The molecule has 0 bridgehead atoms. The first-order chi connectivity index (χ1) is 14.7. The molecule has 0 spiro atoms. The fraction of sp³-hybridized carbons (Fsp3) is 0.533. The van der Waals surface area contributed by atoms with Gasteiger partial charge in [-0.25, -0.2) is 0 Å². The van der Waals surface area contributed by atoms with Gasteiger partial charge in [0, 0.05) is 5.92 Å². The van der Waals surface area contributed by atoms with Crippen LogP contribution in [0.15, 0.2) is 83.1 Å². The number of rotatable bonds is 5. The van der Waals surface area contributed by atoms with Crippen LogP contribution in [0, 0.1) is 5.92 Å². The lowest BCUT2D eigenvalue weighted by atomic mass is 9.70. The van der Waals surface area contributed by atoms with Crippen molar-refractivity contribution in [2.24, 2.45) is 5.92 Å². The molecule has 0 saturated heterocycles. The molecule has 2 aliphatic rings. The minimum atomic E-state index is 0.307. The van der Waals surface area contributed by atoms with E-state index in [0.717, 1.165) is 12.8 Å². The van der Waals surface area contributed by atoms with Gasteiger partial charge in [0.05, 0.1) is 0 Å². The molecular weight excluding hydrogens is 360 g/mol. The summed E-state index contributed by atoms with van der Waals surface area (Å²) in [5.41, 5.74) is 8.65. The van der Waals surface area contributed by atoms with Gasteiger partial charge in [0.1, 0.15) is 0 Å². The van der Waals surface area contributed by atoms with Crippen molar-refractivity contribution in [2.75, 3.05) is 0 Å². The Kier molecular flexibility index (Phi) is 23.9. The third-order valence-corrected chi connectivity index (χ3v) is 4.83. The Morgan fingerprint density at radius 2 is 1.60 bits per heavy atom. The summed E-state index contributed by atoms with van der Waals surface area (Å²) in [7, 11) is 0. The molecule has 2 aliphatic carbocycles. The molecule has 0 aromatic heterocycles. The Balaban J connectivity index is -0.000000815. The minimum Gasteiger partial charge on any atom is -0.0988 e. The maximum Gasteiger partial charge on any atom is 0.0341 e. The molecule has 0 N–H and O–H groups in total. The fourth-order valence-corrected chi connectivity index (χ4v) is 3.73. The third-order valence-electron chi connectivity index (χ3n) is 4.83. The second-order valence-electron chi connectivity index (χ2n) is 6.07. The van der Waals surface area contributed by atoms with E-state index in [1.807, 2.05) is 61.5 Å². The normalized spacial score (nSPS) is 17.5. The highest BCUT2D eigenvalue weighted by molar-refractivity contribution is 5.56. The molecule has 0 amide bonds. The summed E-state index contributed by atoms with van der Waals surface area (Å²) in [5, 5.41) is 0. The third kappa shape index (κ3) is 9.33. The highest BCUT2D eigenvalue weighted by Crippen LogP contribution is 2.45. The van der Waals surface area contributed by atoms with E-state index < -0.39 is 0 Å². The summed E-state index contributed by atoms with van der Waals surface area (Å²) in [6.45, 7) is 30.7. The lowest BCUT2D eigenvalue weighted by Crippen LogP contribution is -2.19. The Hall–Kier alpha value is -1.82. The molecule has 0 radical (unpaired) electrons. The van der Waals surface area contributed by atoms with Crippen LogP contribution in [-0.4, -0.2) is 0 Å². The van der Waals surface area contributed by atoms with Crippen molar-refractivity contribution in [1.82, 2.24) is 0 Å². The summed E-state index contributed by atoms with van der Waals surface area (Å²) in [5.74, 6) is 0.307. The average Bonchev–Trinajstić information content (AvgIpc) is 2.84. The lowest BCUT2D eigenvalue weighted by Gasteiger charge is -2.34. The molecule has 0 aromatic rings. The van der Waals surface area contributed by atoms with Crippen molar-refractivity contribution < 1.29 is 0 Å². The zero-order valence-electron chi connectivity index (χ0n) is 22.3. The van der Waals surface area contributed by atoms with Gasteiger partial charge in [0.25, 0.3) is 0 Å². The minimum absolute atomic E-state index is 0.307. The lowest BCUT2D eigenvalue weighted by molar-refractivity contribution is 0.739. The molecule has 0 fully saturated rings. The number of hydrogen-bond donors (Lipinski definition) is 0. The number of hydrogen-bond acceptors (Lipinski definition) is 0. The molecule has 30 heavy (non-hydrogen) atoms. The molecule has 2 rings (SSSR count). The van der Waals surface area contributed by atoms with Crippen molar-refractivity contribution >= 4 is 0 Å². The molecule has 0 aromatic carbocycles. The first-order valence-electron chi connectivity index (χ1n) is 12.4. The van der Waals surface area contributed by atoms with Crippen LogP contribution >= 0.6 is 0 Å². The first kappa shape index (κ1) is 32.8. The van der Waals surface area contributed by atoms with Gasteiger partial charge in [-0.15, -0.1) is 0 Å². The summed E-state index contributed by atoms with van der Waals surface area (Å²) < 4.78 is 0. The first-order valence-corrected chi connectivity index (χ1v) is 12.4. The van der Waals surface area contributed by atoms with Gasteiger partial charge in [-0.3, -0.25) is 0 Å². The zero-order chi connectivity index (χ0) is 24.1. The van der Waals surface area contributed by atoms with Crippen molar-refractivity contribution in [3.63, 3.8) is 0 Å². The molecule has 0 nitrogen and oxygen atoms in total. The monoisotopic (exact) mass is 412 g/mol. The quantitative estimate of drug-likeness (QED) is 0.394. The van der Waals surface area contributed by atoms with E-state index in [1.54, 1.807) is 11.1 Å². The van der Waals surface area contributed by atoms with Gasteiger partial charge in [-0.2, -0.15) is 0 Å². The van der Waals surface area contributed by atoms with Gasteiger partial charge in [0.15, 0.2) is 0 Å². The van der Waals surface area contributed by atoms with Crippen LogP contribution in [0.5, 0.6) is 0 Å². The van der Waals surface area contributed by atoms with Crippen LogP contribution in [-0.2, 0) is 0 Å². The van der Waals surface area contributed by atoms with Gasteiger partial charge >= 0.3 is 0 Å².